The van der Waals surface area contributed by atoms with Crippen LogP contribution in [0.3, 0.4) is 0 Å². The molecule has 0 aromatic heterocycles. The van der Waals surface area contributed by atoms with Crippen LogP contribution in [0, 0.1) is 6.58 Å². The van der Waals surface area contributed by atoms with E-state index >= 15 is 0 Å². The molecule has 13 heavy (non-hydrogen) atoms. The standard InChI is InChI=1S/C13H21/c1-3-5-7-9-11-13-12-10-8-6-4-2/h1,5,11,13H,4,6-10,12H2,2H3. The molecule has 0 amide bonds. The molecule has 0 atom stereocenters. The Hall–Kier alpha value is -0.740. The molecule has 0 unspecified atom stereocenters. The minimum absolute atomic E-state index is 1.02. The summed E-state index contributed by atoms with van der Waals surface area (Å²) in [5.41, 5.74) is 2.53. The van der Waals surface area contributed by atoms with Gasteiger partial charge >= 0.3 is 0 Å². The molecule has 0 aliphatic carbocycles. The van der Waals surface area contributed by atoms with Crippen LogP contribution in [0.15, 0.2) is 24.0 Å². The lowest BCUT2D eigenvalue weighted by Gasteiger charge is -1.93. The van der Waals surface area contributed by atoms with E-state index in [2.05, 4.69) is 24.8 Å². The first-order valence-corrected chi connectivity index (χ1v) is 5.34. The van der Waals surface area contributed by atoms with Gasteiger partial charge in [0.05, 0.1) is 0 Å². The zero-order valence-electron chi connectivity index (χ0n) is 8.76. The topological polar surface area (TPSA) is 0 Å². The Morgan fingerprint density at radius 3 is 2.46 bits per heavy atom. The van der Waals surface area contributed by atoms with Gasteiger partial charge in [-0.05, 0) is 38.3 Å². The third-order valence-corrected chi connectivity index (χ3v) is 1.99. The minimum Gasteiger partial charge on any atom is -0.125 e. The van der Waals surface area contributed by atoms with Crippen LogP contribution in [-0.4, -0.2) is 0 Å². The van der Waals surface area contributed by atoms with Gasteiger partial charge in [0.2, 0.25) is 0 Å². The van der Waals surface area contributed by atoms with Crippen LogP contribution in [0.2, 0.25) is 0 Å². The van der Waals surface area contributed by atoms with Gasteiger partial charge in [0.25, 0.3) is 0 Å². The summed E-state index contributed by atoms with van der Waals surface area (Å²) in [6.45, 7) is 7.34. The highest BCUT2D eigenvalue weighted by molar-refractivity contribution is 4.85. The first kappa shape index (κ1) is 12.3. The van der Waals surface area contributed by atoms with Crippen LogP contribution in [0.25, 0.3) is 0 Å². The molecule has 0 aromatic carbocycles. The lowest BCUT2D eigenvalue weighted by molar-refractivity contribution is 0.674. The molecule has 0 aliphatic heterocycles. The number of hydrogen-bond donors (Lipinski definition) is 0. The quantitative estimate of drug-likeness (QED) is 0.292. The molecule has 0 heterocycles. The SMILES string of the molecule is [CH]=C=CCCC=CCCCCCC. The van der Waals surface area contributed by atoms with Crippen molar-refractivity contribution in [3.8, 4) is 0 Å². The molecular weight excluding hydrogens is 156 g/mol. The van der Waals surface area contributed by atoms with Crippen molar-refractivity contribution in [2.45, 2.75) is 51.9 Å². The molecule has 0 N–H and O–H groups in total. The Morgan fingerprint density at radius 2 is 1.77 bits per heavy atom. The second-order valence-electron chi connectivity index (χ2n) is 3.27. The van der Waals surface area contributed by atoms with E-state index in [0.717, 1.165) is 12.8 Å². The highest BCUT2D eigenvalue weighted by Crippen LogP contribution is 2.03. The molecule has 0 saturated carbocycles. The minimum atomic E-state index is 1.02. The van der Waals surface area contributed by atoms with Crippen molar-refractivity contribution in [3.63, 3.8) is 0 Å². The summed E-state index contributed by atoms with van der Waals surface area (Å²) >= 11 is 0. The van der Waals surface area contributed by atoms with Crippen molar-refractivity contribution in [2.75, 3.05) is 0 Å². The molecule has 0 nitrogen and oxygen atoms in total. The normalized spacial score (nSPS) is 10.2. The first-order chi connectivity index (χ1) is 6.41. The summed E-state index contributed by atoms with van der Waals surface area (Å²) < 4.78 is 0. The fourth-order valence-electron chi connectivity index (χ4n) is 1.19. The van der Waals surface area contributed by atoms with Crippen molar-refractivity contribution < 1.29 is 0 Å². The van der Waals surface area contributed by atoms with E-state index < -0.39 is 0 Å². The van der Waals surface area contributed by atoms with Crippen molar-refractivity contribution in [3.05, 3.63) is 30.5 Å². The Morgan fingerprint density at radius 1 is 1.00 bits per heavy atom. The molecule has 0 saturated heterocycles. The van der Waals surface area contributed by atoms with Crippen LogP contribution in [0.5, 0.6) is 0 Å². The monoisotopic (exact) mass is 177 g/mol. The zero-order valence-corrected chi connectivity index (χ0v) is 8.76. The molecule has 73 valence electrons. The Kier molecular flexibility index (Phi) is 10.6. The average Bonchev–Trinajstić information content (AvgIpc) is 2.16. The summed E-state index contributed by atoms with van der Waals surface area (Å²) in [7, 11) is 0. The predicted molar refractivity (Wildman–Crippen MR) is 59.5 cm³/mol. The summed E-state index contributed by atoms with van der Waals surface area (Å²) in [5, 5.41) is 0. The fraction of sp³-hybridized carbons (Fsp3) is 0.615. The van der Waals surface area contributed by atoms with E-state index in [1.807, 2.05) is 6.08 Å². The Bertz CT molecular complexity index is 159. The Labute approximate surface area is 83.0 Å². The van der Waals surface area contributed by atoms with Gasteiger partial charge in [0.15, 0.2) is 0 Å². The highest BCUT2D eigenvalue weighted by Gasteiger charge is 1.83. The number of allylic oxidation sites excluding steroid dienone is 3. The smallest absolute Gasteiger partial charge is 0.0126 e. The highest BCUT2D eigenvalue weighted by atomic mass is 13.9. The van der Waals surface area contributed by atoms with Crippen molar-refractivity contribution in [1.82, 2.24) is 0 Å². The summed E-state index contributed by atoms with van der Waals surface area (Å²) in [6.07, 6.45) is 15.1. The van der Waals surface area contributed by atoms with E-state index in [1.54, 1.807) is 0 Å². The average molecular weight is 177 g/mol. The lowest BCUT2D eigenvalue weighted by atomic mass is 10.1. The molecule has 0 heteroatoms. The molecular formula is C13H21. The molecule has 1 radical (unpaired) electrons. The van der Waals surface area contributed by atoms with Gasteiger partial charge in [-0.3, -0.25) is 0 Å². The summed E-state index contributed by atoms with van der Waals surface area (Å²) in [5.74, 6) is 0. The second-order valence-corrected chi connectivity index (χ2v) is 3.27. The fourth-order valence-corrected chi connectivity index (χ4v) is 1.19. The molecule has 0 spiro atoms. The third-order valence-electron chi connectivity index (χ3n) is 1.99. The van der Waals surface area contributed by atoms with Crippen LogP contribution >= 0.6 is 0 Å². The molecule has 0 aliphatic rings. The maximum absolute atomic E-state index is 5.09. The van der Waals surface area contributed by atoms with E-state index in [1.165, 1.54) is 32.1 Å². The van der Waals surface area contributed by atoms with Crippen LogP contribution in [0.1, 0.15) is 51.9 Å². The second kappa shape index (κ2) is 11.3. The third kappa shape index (κ3) is 11.3. The van der Waals surface area contributed by atoms with Gasteiger partial charge in [0, 0.05) is 0 Å². The van der Waals surface area contributed by atoms with Gasteiger partial charge < -0.3 is 0 Å². The van der Waals surface area contributed by atoms with E-state index in [-0.39, 0.29) is 0 Å². The van der Waals surface area contributed by atoms with Crippen LogP contribution < -0.4 is 0 Å². The van der Waals surface area contributed by atoms with Gasteiger partial charge in [-0.1, -0.05) is 38.3 Å². The maximum atomic E-state index is 5.09. The molecule has 0 aromatic rings. The summed E-state index contributed by atoms with van der Waals surface area (Å²) in [6, 6.07) is 0. The predicted octanol–water partition coefficient (Wildman–Crippen LogP) is 4.44. The van der Waals surface area contributed by atoms with E-state index in [4.69, 9.17) is 6.58 Å². The van der Waals surface area contributed by atoms with E-state index in [0.29, 0.717) is 0 Å². The van der Waals surface area contributed by atoms with Gasteiger partial charge in [-0.25, -0.2) is 0 Å². The van der Waals surface area contributed by atoms with Crippen LogP contribution in [-0.2, 0) is 0 Å². The number of unbranched alkanes of at least 4 members (excludes halogenated alkanes) is 5. The number of hydrogen-bond acceptors (Lipinski definition) is 0. The first-order valence-electron chi connectivity index (χ1n) is 5.34. The molecule has 0 bridgehead atoms. The van der Waals surface area contributed by atoms with Crippen molar-refractivity contribution in [1.29, 1.82) is 0 Å². The number of rotatable bonds is 8. The molecule has 0 fully saturated rings. The molecule has 0 rings (SSSR count). The van der Waals surface area contributed by atoms with Gasteiger partial charge in [0.1, 0.15) is 0 Å². The van der Waals surface area contributed by atoms with E-state index in [9.17, 15) is 0 Å². The Balaban J connectivity index is 3.07. The van der Waals surface area contributed by atoms with Crippen LogP contribution in [0.4, 0.5) is 0 Å². The summed E-state index contributed by atoms with van der Waals surface area (Å²) in [4.78, 5) is 0. The zero-order chi connectivity index (χ0) is 9.78. The largest absolute Gasteiger partial charge is 0.125 e. The lowest BCUT2D eigenvalue weighted by Crippen LogP contribution is -1.73. The van der Waals surface area contributed by atoms with Gasteiger partial charge in [-0.15, -0.1) is 5.73 Å². The van der Waals surface area contributed by atoms with Gasteiger partial charge in [-0.2, -0.15) is 0 Å². The van der Waals surface area contributed by atoms with Crippen molar-refractivity contribution >= 4 is 0 Å². The maximum Gasteiger partial charge on any atom is -0.0126 e. The van der Waals surface area contributed by atoms with Crippen molar-refractivity contribution in [2.24, 2.45) is 0 Å².